The maximum atomic E-state index is 16.3. The second-order valence-electron chi connectivity index (χ2n) is 36.1. The van der Waals surface area contributed by atoms with Crippen molar-refractivity contribution in [3.63, 3.8) is 0 Å². The van der Waals surface area contributed by atoms with E-state index in [-0.39, 0.29) is 63.1 Å². The standard InChI is InChI=1S/C90H106F2N2O4/c1-83(2,3)53-89(19,20)61-45-71(81(95)77(47-61)93-73-34-28-57(85(7,8)9)41-65(73)66-42-58(86(10,11)12)29-35-74(66)93)69-49-63(91)32-38-79(69)97-51-56(40-55-26-24-23-25-27-55)52-98-80-39-33-64(92)50-70(80)72-46-62(90(21,22)54-84(4,5)6)48-78(82(72)96)94-75-36-30-59(87(13,14)15)43-67(75)68-44-60(88(16,17)18)31-37-76(68)94/h23-39,41-50,56,95-96H,40,51-54H2,1-22H3. The summed E-state index contributed by atoms with van der Waals surface area (Å²) >= 11 is 0. The summed E-state index contributed by atoms with van der Waals surface area (Å²) in [4.78, 5) is 0. The largest absolute Gasteiger partial charge is 0.505 e. The molecule has 0 fully saturated rings. The van der Waals surface area contributed by atoms with Gasteiger partial charge in [0.15, 0.2) is 0 Å². The highest BCUT2D eigenvalue weighted by molar-refractivity contribution is 6.11. The third-order valence-electron chi connectivity index (χ3n) is 19.9. The molecule has 98 heavy (non-hydrogen) atoms. The number of phenolic OH excluding ortho intramolecular Hbond substituents is 2. The predicted octanol–water partition coefficient (Wildman–Crippen LogP) is 24.8. The van der Waals surface area contributed by atoms with Gasteiger partial charge in [0.1, 0.15) is 34.6 Å². The van der Waals surface area contributed by atoms with Gasteiger partial charge in [-0.05, 0) is 211 Å². The Morgan fingerprint density at radius 2 is 0.663 bits per heavy atom. The quantitative estimate of drug-likeness (QED) is 0.101. The van der Waals surface area contributed by atoms with Gasteiger partial charge in [0.25, 0.3) is 0 Å². The number of fused-ring (bicyclic) bond motifs is 6. The molecule has 0 amide bonds. The van der Waals surface area contributed by atoms with Crippen LogP contribution in [0.2, 0.25) is 0 Å². The van der Waals surface area contributed by atoms with Crippen LogP contribution in [0, 0.1) is 28.4 Å². The lowest BCUT2D eigenvalue weighted by atomic mass is 9.71. The van der Waals surface area contributed by atoms with Crippen molar-refractivity contribution in [2.75, 3.05) is 13.2 Å². The van der Waals surface area contributed by atoms with Crippen LogP contribution in [0.5, 0.6) is 23.0 Å². The van der Waals surface area contributed by atoms with E-state index >= 15 is 8.78 Å². The maximum Gasteiger partial charge on any atom is 0.147 e. The van der Waals surface area contributed by atoms with Crippen LogP contribution in [0.25, 0.3) is 77.2 Å². The van der Waals surface area contributed by atoms with Crippen LogP contribution >= 0.6 is 0 Å². The summed E-state index contributed by atoms with van der Waals surface area (Å²) < 4.78 is 51.1. The van der Waals surface area contributed by atoms with Gasteiger partial charge in [-0.1, -0.05) is 207 Å². The lowest BCUT2D eigenvalue weighted by Crippen LogP contribution is -2.25. The molecule has 2 heterocycles. The summed E-state index contributed by atoms with van der Waals surface area (Å²) in [5, 5.41) is 30.9. The van der Waals surface area contributed by atoms with Crippen molar-refractivity contribution in [3.8, 4) is 56.6 Å². The zero-order valence-corrected chi connectivity index (χ0v) is 62.6. The third kappa shape index (κ3) is 14.7. The Labute approximate surface area is 583 Å². The maximum absolute atomic E-state index is 16.3. The lowest BCUT2D eigenvalue weighted by Gasteiger charge is -2.34. The van der Waals surface area contributed by atoms with E-state index in [1.165, 1.54) is 46.5 Å². The number of aromatic nitrogens is 2. The lowest BCUT2D eigenvalue weighted by molar-refractivity contribution is 0.176. The summed E-state index contributed by atoms with van der Waals surface area (Å²) in [5.74, 6) is -0.468. The summed E-state index contributed by atoms with van der Waals surface area (Å²) in [6.45, 7) is 49.6. The monoisotopic (exact) mass is 1320 g/mol. The first kappa shape index (κ1) is 70.9. The summed E-state index contributed by atoms with van der Waals surface area (Å²) in [7, 11) is 0. The first-order chi connectivity index (χ1) is 45.5. The summed E-state index contributed by atoms with van der Waals surface area (Å²) in [6, 6.07) is 54.4. The van der Waals surface area contributed by atoms with Crippen LogP contribution in [0.4, 0.5) is 8.78 Å². The molecular weight excluding hydrogens is 1210 g/mol. The van der Waals surface area contributed by atoms with Gasteiger partial charge < -0.3 is 28.8 Å². The topological polar surface area (TPSA) is 68.8 Å². The molecule has 0 spiro atoms. The molecule has 11 aromatic rings. The van der Waals surface area contributed by atoms with Crippen LogP contribution in [0.3, 0.4) is 0 Å². The fourth-order valence-electron chi connectivity index (χ4n) is 15.3. The molecule has 0 aliphatic heterocycles. The Balaban J connectivity index is 1.03. The fourth-order valence-corrected chi connectivity index (χ4v) is 15.3. The molecule has 0 saturated heterocycles. The molecule has 0 atom stereocenters. The van der Waals surface area contributed by atoms with Crippen molar-refractivity contribution < 1.29 is 28.5 Å². The number of hydrogen-bond acceptors (Lipinski definition) is 4. The number of phenols is 2. The number of hydrogen-bond donors (Lipinski definition) is 2. The minimum atomic E-state index is -0.471. The molecule has 11 rings (SSSR count). The van der Waals surface area contributed by atoms with Crippen molar-refractivity contribution in [2.45, 2.75) is 204 Å². The van der Waals surface area contributed by atoms with E-state index in [0.717, 1.165) is 73.1 Å². The van der Waals surface area contributed by atoms with E-state index in [4.69, 9.17) is 9.47 Å². The molecule has 8 heteroatoms. The number of halogens is 2. The zero-order chi connectivity index (χ0) is 71.4. The summed E-state index contributed by atoms with van der Waals surface area (Å²) in [5.41, 5.74) is 13.2. The number of aromatic hydroxyl groups is 2. The average molecular weight is 1320 g/mol. The van der Waals surface area contributed by atoms with Gasteiger partial charge in [0, 0.05) is 49.7 Å². The van der Waals surface area contributed by atoms with Crippen molar-refractivity contribution >= 4 is 43.6 Å². The minimum absolute atomic E-state index is 0.00197. The molecule has 0 bridgehead atoms. The number of ether oxygens (including phenoxy) is 2. The highest BCUT2D eigenvalue weighted by atomic mass is 19.1. The van der Waals surface area contributed by atoms with E-state index in [9.17, 15) is 10.2 Å². The van der Waals surface area contributed by atoms with Gasteiger partial charge in [-0.25, -0.2) is 8.78 Å². The van der Waals surface area contributed by atoms with Gasteiger partial charge in [0.05, 0.1) is 46.7 Å². The highest BCUT2D eigenvalue weighted by Crippen LogP contribution is 2.51. The number of rotatable bonds is 16. The number of benzene rings is 9. The van der Waals surface area contributed by atoms with E-state index in [1.54, 1.807) is 12.1 Å². The van der Waals surface area contributed by atoms with Gasteiger partial charge in [0.2, 0.25) is 0 Å². The summed E-state index contributed by atoms with van der Waals surface area (Å²) in [6.07, 6.45) is 2.18. The first-order valence-electron chi connectivity index (χ1n) is 35.3. The normalized spacial score (nSPS) is 13.3. The van der Waals surface area contributed by atoms with E-state index in [1.807, 2.05) is 30.3 Å². The van der Waals surface area contributed by atoms with Gasteiger partial charge in [-0.3, -0.25) is 0 Å². The predicted molar refractivity (Wildman–Crippen MR) is 409 cm³/mol. The third-order valence-corrected chi connectivity index (χ3v) is 19.9. The van der Waals surface area contributed by atoms with Crippen molar-refractivity contribution in [3.05, 3.63) is 214 Å². The highest BCUT2D eigenvalue weighted by Gasteiger charge is 2.34. The molecule has 2 N–H and O–H groups in total. The van der Waals surface area contributed by atoms with Crippen molar-refractivity contribution in [2.24, 2.45) is 16.7 Å². The van der Waals surface area contributed by atoms with Crippen molar-refractivity contribution in [1.82, 2.24) is 9.13 Å². The Bertz CT molecular complexity index is 4390. The van der Waals surface area contributed by atoms with Crippen LogP contribution in [-0.4, -0.2) is 32.6 Å². The second kappa shape index (κ2) is 25.4. The van der Waals surface area contributed by atoms with Gasteiger partial charge >= 0.3 is 0 Å². The molecular formula is C90H106F2N2O4. The van der Waals surface area contributed by atoms with Crippen LogP contribution in [0.1, 0.15) is 204 Å². The van der Waals surface area contributed by atoms with Crippen LogP contribution in [0.15, 0.2) is 164 Å². The Morgan fingerprint density at radius 3 is 0.959 bits per heavy atom. The number of nitrogens with zero attached hydrogens (tertiary/aromatic N) is 2. The molecule has 9 aromatic carbocycles. The molecule has 0 aliphatic rings. The van der Waals surface area contributed by atoms with Gasteiger partial charge in [-0.2, -0.15) is 0 Å². The molecule has 0 saturated carbocycles. The second-order valence-corrected chi connectivity index (χ2v) is 36.1. The van der Waals surface area contributed by atoms with E-state index in [0.29, 0.717) is 51.5 Å². The molecule has 514 valence electrons. The molecule has 2 aromatic heterocycles. The fraction of sp³-hybridized carbons (Fsp3) is 0.400. The SMILES string of the molecule is CC(C)(C)CC(C)(C)c1cc(-c2cc(F)ccc2OCC(COc2ccc(F)cc2-c2cc(C(C)(C)CC(C)(C)C)cc(-n3c4ccc(C(C)(C)C)cc4c4cc(C(C)(C)C)ccc43)c2O)Cc2ccccc2)c(O)c(-n2c3ccc(C(C)(C)C)cc3c3cc(C(C)(C)C)ccc32)c1. The first-order valence-corrected chi connectivity index (χ1v) is 35.3. The smallest absolute Gasteiger partial charge is 0.147 e. The minimum Gasteiger partial charge on any atom is -0.505 e. The van der Waals surface area contributed by atoms with Crippen LogP contribution in [-0.2, 0) is 38.9 Å². The zero-order valence-electron chi connectivity index (χ0n) is 62.6. The average Bonchev–Trinajstić information content (AvgIpc) is 1.54. The molecule has 6 nitrogen and oxygen atoms in total. The van der Waals surface area contributed by atoms with Gasteiger partial charge in [-0.15, -0.1) is 0 Å². The molecule has 0 radical (unpaired) electrons. The molecule has 0 aliphatic carbocycles. The Morgan fingerprint density at radius 1 is 0.347 bits per heavy atom. The van der Waals surface area contributed by atoms with E-state index in [2.05, 4.69) is 259 Å². The Kier molecular flexibility index (Phi) is 18.4. The van der Waals surface area contributed by atoms with Crippen molar-refractivity contribution in [1.29, 1.82) is 0 Å². The van der Waals surface area contributed by atoms with E-state index < -0.39 is 22.5 Å². The Hall–Kier alpha value is -8.36. The molecule has 0 unspecified atom stereocenters. The van der Waals surface area contributed by atoms with Crippen LogP contribution < -0.4 is 9.47 Å².